The standard InChI is InChI=1S/C21H23F2N3O5S/c1-14(31-18-8-4-16(22)5-9-18)20(27)24-25-21(28)15-3-2-12-26(13-15)32(29,30)19-10-6-17(23)7-11-19/h4-11,14-15H,2-3,12-13H2,1H3,(H,24,27)(H,25,28). The smallest absolute Gasteiger partial charge is 0.279 e. The van der Waals surface area contributed by atoms with E-state index in [9.17, 15) is 26.8 Å². The lowest BCUT2D eigenvalue weighted by Crippen LogP contribution is -2.52. The average molecular weight is 467 g/mol. The quantitative estimate of drug-likeness (QED) is 0.633. The fraction of sp³-hybridized carbons (Fsp3) is 0.333. The lowest BCUT2D eigenvalue weighted by atomic mass is 9.99. The molecule has 32 heavy (non-hydrogen) atoms. The molecule has 0 bridgehead atoms. The lowest BCUT2D eigenvalue weighted by molar-refractivity contribution is -0.134. The molecular formula is C21H23F2N3O5S. The van der Waals surface area contributed by atoms with Gasteiger partial charge in [-0.2, -0.15) is 4.31 Å². The van der Waals surface area contributed by atoms with Crippen LogP contribution >= 0.6 is 0 Å². The van der Waals surface area contributed by atoms with E-state index in [1.54, 1.807) is 0 Å². The van der Waals surface area contributed by atoms with Crippen LogP contribution in [0.3, 0.4) is 0 Å². The summed E-state index contributed by atoms with van der Waals surface area (Å²) in [4.78, 5) is 24.6. The molecule has 11 heteroatoms. The second-order valence-electron chi connectivity index (χ2n) is 7.35. The van der Waals surface area contributed by atoms with Crippen molar-refractivity contribution in [3.63, 3.8) is 0 Å². The van der Waals surface area contributed by atoms with Gasteiger partial charge in [0.25, 0.3) is 5.91 Å². The number of hydrazine groups is 1. The van der Waals surface area contributed by atoms with Crippen LogP contribution in [0.25, 0.3) is 0 Å². The van der Waals surface area contributed by atoms with Crippen LogP contribution in [0.15, 0.2) is 53.4 Å². The molecular weight excluding hydrogens is 444 g/mol. The molecule has 2 atom stereocenters. The minimum Gasteiger partial charge on any atom is -0.481 e. The van der Waals surface area contributed by atoms with Gasteiger partial charge in [-0.15, -0.1) is 0 Å². The summed E-state index contributed by atoms with van der Waals surface area (Å²) in [5.74, 6) is -2.54. The molecule has 1 fully saturated rings. The zero-order chi connectivity index (χ0) is 23.3. The fourth-order valence-corrected chi connectivity index (χ4v) is 4.75. The van der Waals surface area contributed by atoms with Gasteiger partial charge in [-0.3, -0.25) is 20.4 Å². The summed E-state index contributed by atoms with van der Waals surface area (Å²) in [5.41, 5.74) is 4.55. The van der Waals surface area contributed by atoms with E-state index in [1.807, 2.05) is 0 Å². The maximum absolute atomic E-state index is 13.1. The Kier molecular flexibility index (Phi) is 7.41. The van der Waals surface area contributed by atoms with E-state index in [0.717, 1.165) is 12.1 Å². The first-order valence-electron chi connectivity index (χ1n) is 9.94. The van der Waals surface area contributed by atoms with Crippen molar-refractivity contribution < 1.29 is 31.5 Å². The van der Waals surface area contributed by atoms with Gasteiger partial charge in [-0.1, -0.05) is 0 Å². The van der Waals surface area contributed by atoms with Crippen LogP contribution in [0.4, 0.5) is 8.78 Å². The average Bonchev–Trinajstić information content (AvgIpc) is 2.79. The van der Waals surface area contributed by atoms with Crippen molar-refractivity contribution in [3.05, 3.63) is 60.2 Å². The molecule has 2 N–H and O–H groups in total. The molecule has 2 unspecified atom stereocenters. The summed E-state index contributed by atoms with van der Waals surface area (Å²) in [6, 6.07) is 9.60. The van der Waals surface area contributed by atoms with Crippen molar-refractivity contribution >= 4 is 21.8 Å². The van der Waals surface area contributed by atoms with E-state index in [4.69, 9.17) is 4.74 Å². The van der Waals surface area contributed by atoms with Crippen molar-refractivity contribution in [2.45, 2.75) is 30.8 Å². The van der Waals surface area contributed by atoms with E-state index in [-0.39, 0.29) is 23.7 Å². The maximum Gasteiger partial charge on any atom is 0.279 e. The molecule has 2 aromatic rings. The zero-order valence-corrected chi connectivity index (χ0v) is 18.1. The normalized spacial score (nSPS) is 17.9. The van der Waals surface area contributed by atoms with Crippen LogP contribution < -0.4 is 15.6 Å². The number of amides is 2. The van der Waals surface area contributed by atoms with E-state index in [0.29, 0.717) is 12.8 Å². The number of nitrogens with one attached hydrogen (secondary N) is 2. The second-order valence-corrected chi connectivity index (χ2v) is 9.29. The molecule has 1 saturated heterocycles. The first kappa shape index (κ1) is 23.6. The Balaban J connectivity index is 1.54. The predicted octanol–water partition coefficient (Wildman–Crippen LogP) is 1.98. The van der Waals surface area contributed by atoms with Crippen LogP contribution in [-0.2, 0) is 19.6 Å². The van der Waals surface area contributed by atoms with Gasteiger partial charge in [0.2, 0.25) is 15.9 Å². The summed E-state index contributed by atoms with van der Waals surface area (Å²) < 4.78 is 58.2. The minimum absolute atomic E-state index is 0.0555. The summed E-state index contributed by atoms with van der Waals surface area (Å²) in [6.45, 7) is 1.63. The molecule has 0 aliphatic carbocycles. The Morgan fingerprint density at radius 2 is 1.62 bits per heavy atom. The zero-order valence-electron chi connectivity index (χ0n) is 17.3. The van der Waals surface area contributed by atoms with Crippen molar-refractivity contribution in [3.8, 4) is 5.75 Å². The van der Waals surface area contributed by atoms with Crippen molar-refractivity contribution in [2.24, 2.45) is 5.92 Å². The molecule has 3 rings (SSSR count). The number of piperidine rings is 1. The first-order valence-corrected chi connectivity index (χ1v) is 11.4. The number of halogens is 2. The van der Waals surface area contributed by atoms with Crippen LogP contribution in [0, 0.1) is 17.6 Å². The molecule has 1 heterocycles. The molecule has 8 nitrogen and oxygen atoms in total. The lowest BCUT2D eigenvalue weighted by Gasteiger charge is -2.31. The van der Waals surface area contributed by atoms with Gasteiger partial charge in [-0.25, -0.2) is 17.2 Å². The number of carbonyl (C=O) groups is 2. The molecule has 1 aliphatic heterocycles. The monoisotopic (exact) mass is 467 g/mol. The number of benzene rings is 2. The largest absolute Gasteiger partial charge is 0.481 e. The van der Waals surface area contributed by atoms with E-state index >= 15 is 0 Å². The fourth-order valence-electron chi connectivity index (χ4n) is 3.23. The number of carbonyl (C=O) groups excluding carboxylic acids is 2. The highest BCUT2D eigenvalue weighted by Gasteiger charge is 2.33. The molecule has 2 amide bonds. The van der Waals surface area contributed by atoms with Crippen LogP contribution in [-0.4, -0.2) is 43.7 Å². The highest BCUT2D eigenvalue weighted by molar-refractivity contribution is 7.89. The van der Waals surface area contributed by atoms with Gasteiger partial charge < -0.3 is 4.74 Å². The topological polar surface area (TPSA) is 105 Å². The maximum atomic E-state index is 13.1. The molecule has 1 aliphatic rings. The number of hydrogen-bond donors (Lipinski definition) is 2. The number of sulfonamides is 1. The third-order valence-electron chi connectivity index (χ3n) is 5.01. The Morgan fingerprint density at radius 1 is 1.03 bits per heavy atom. The van der Waals surface area contributed by atoms with Crippen molar-refractivity contribution in [1.29, 1.82) is 0 Å². The van der Waals surface area contributed by atoms with Gasteiger partial charge in [0.1, 0.15) is 17.4 Å². The van der Waals surface area contributed by atoms with Gasteiger partial charge in [0.15, 0.2) is 6.10 Å². The molecule has 0 aromatic heterocycles. The summed E-state index contributed by atoms with van der Waals surface area (Å²) in [7, 11) is -3.87. The summed E-state index contributed by atoms with van der Waals surface area (Å²) in [6.07, 6.45) is -0.0718. The third kappa shape index (κ3) is 5.80. The Morgan fingerprint density at radius 3 is 2.25 bits per heavy atom. The Labute approximate surface area is 184 Å². The van der Waals surface area contributed by atoms with Crippen LogP contribution in [0.1, 0.15) is 19.8 Å². The summed E-state index contributed by atoms with van der Waals surface area (Å²) in [5, 5.41) is 0. The Bertz CT molecular complexity index is 1060. The molecule has 0 saturated carbocycles. The minimum atomic E-state index is -3.87. The second kappa shape index (κ2) is 10.0. The third-order valence-corrected chi connectivity index (χ3v) is 6.89. The van der Waals surface area contributed by atoms with E-state index in [2.05, 4.69) is 10.9 Å². The van der Waals surface area contributed by atoms with Crippen LogP contribution in [0.5, 0.6) is 5.75 Å². The van der Waals surface area contributed by atoms with E-state index in [1.165, 1.54) is 47.6 Å². The molecule has 2 aromatic carbocycles. The van der Waals surface area contributed by atoms with Gasteiger partial charge in [-0.05, 0) is 68.3 Å². The molecule has 0 radical (unpaired) electrons. The van der Waals surface area contributed by atoms with E-state index < -0.39 is 45.5 Å². The van der Waals surface area contributed by atoms with Crippen molar-refractivity contribution in [2.75, 3.05) is 13.1 Å². The van der Waals surface area contributed by atoms with Gasteiger partial charge >= 0.3 is 0 Å². The van der Waals surface area contributed by atoms with Crippen molar-refractivity contribution in [1.82, 2.24) is 15.2 Å². The number of nitrogens with zero attached hydrogens (tertiary/aromatic N) is 1. The van der Waals surface area contributed by atoms with Gasteiger partial charge in [0.05, 0.1) is 10.8 Å². The summed E-state index contributed by atoms with van der Waals surface area (Å²) >= 11 is 0. The number of ether oxygens (including phenoxy) is 1. The SMILES string of the molecule is CC(Oc1ccc(F)cc1)C(=O)NNC(=O)C1CCCN(S(=O)(=O)c2ccc(F)cc2)C1. The predicted molar refractivity (Wildman–Crippen MR) is 111 cm³/mol. The Hall–Kier alpha value is -3.05. The van der Waals surface area contributed by atoms with Gasteiger partial charge in [0, 0.05) is 13.1 Å². The number of hydrogen-bond acceptors (Lipinski definition) is 5. The first-order chi connectivity index (χ1) is 15.2. The van der Waals surface area contributed by atoms with Crippen LogP contribution in [0.2, 0.25) is 0 Å². The number of rotatable bonds is 6. The highest BCUT2D eigenvalue weighted by atomic mass is 32.2. The molecule has 0 spiro atoms. The molecule has 172 valence electrons. The highest BCUT2D eigenvalue weighted by Crippen LogP contribution is 2.24.